The molecule has 0 aliphatic carbocycles. The molecule has 1 N–H and O–H groups in total. The van der Waals surface area contributed by atoms with Gasteiger partial charge in [-0.15, -0.1) is 12.4 Å². The molecule has 2 aliphatic heterocycles. The van der Waals surface area contributed by atoms with Crippen molar-refractivity contribution in [2.75, 3.05) is 26.8 Å². The Kier molecular flexibility index (Phi) is 7.66. The van der Waals surface area contributed by atoms with Crippen LogP contribution in [0.15, 0.2) is 24.3 Å². The third-order valence-corrected chi connectivity index (χ3v) is 5.08. The minimum Gasteiger partial charge on any atom is -0.494 e. The molecule has 136 valence electrons. The summed E-state index contributed by atoms with van der Waals surface area (Å²) >= 11 is 0. The van der Waals surface area contributed by atoms with E-state index in [0.717, 1.165) is 49.8 Å². The van der Waals surface area contributed by atoms with Crippen LogP contribution in [0.1, 0.15) is 39.0 Å². The Balaban J connectivity index is 0.00000208. The molecule has 2 saturated heterocycles. The van der Waals surface area contributed by atoms with Crippen molar-refractivity contribution >= 4 is 12.4 Å². The molecule has 2 heterocycles. The maximum absolute atomic E-state index is 5.88. The minimum absolute atomic E-state index is 0. The van der Waals surface area contributed by atoms with E-state index in [2.05, 4.69) is 24.2 Å². The van der Waals surface area contributed by atoms with Gasteiger partial charge in [0.15, 0.2) is 0 Å². The fraction of sp³-hybridized carbons (Fsp3) is 0.684. The summed E-state index contributed by atoms with van der Waals surface area (Å²) in [6.45, 7) is 4.61. The maximum Gasteiger partial charge on any atom is 0.119 e. The van der Waals surface area contributed by atoms with Crippen molar-refractivity contribution in [3.05, 3.63) is 24.3 Å². The van der Waals surface area contributed by atoms with E-state index in [1.807, 2.05) is 24.3 Å². The highest BCUT2D eigenvalue weighted by Crippen LogP contribution is 2.29. The lowest BCUT2D eigenvalue weighted by atomic mass is 9.99. The van der Waals surface area contributed by atoms with Crippen LogP contribution in [0.5, 0.6) is 11.5 Å². The highest BCUT2D eigenvalue weighted by molar-refractivity contribution is 5.85. The highest BCUT2D eigenvalue weighted by atomic mass is 35.5. The van der Waals surface area contributed by atoms with Crippen molar-refractivity contribution in [1.82, 2.24) is 10.2 Å². The van der Waals surface area contributed by atoms with Crippen molar-refractivity contribution in [1.29, 1.82) is 0 Å². The van der Waals surface area contributed by atoms with Crippen LogP contribution in [0.25, 0.3) is 0 Å². The van der Waals surface area contributed by atoms with Gasteiger partial charge in [-0.25, -0.2) is 0 Å². The summed E-state index contributed by atoms with van der Waals surface area (Å²) in [5, 5.41) is 3.71. The average molecular weight is 355 g/mol. The first-order chi connectivity index (χ1) is 11.2. The molecule has 2 fully saturated rings. The Morgan fingerprint density at radius 3 is 2.08 bits per heavy atom. The predicted octanol–water partition coefficient (Wildman–Crippen LogP) is 3.49. The van der Waals surface area contributed by atoms with E-state index < -0.39 is 0 Å². The third kappa shape index (κ3) is 5.27. The summed E-state index contributed by atoms with van der Waals surface area (Å²) in [5.41, 5.74) is 0. The van der Waals surface area contributed by atoms with Crippen LogP contribution in [0.4, 0.5) is 0 Å². The molecule has 0 aromatic heterocycles. The summed E-state index contributed by atoms with van der Waals surface area (Å²) in [5.74, 6) is 1.84. The van der Waals surface area contributed by atoms with Gasteiger partial charge < -0.3 is 14.8 Å². The second-order valence-electron chi connectivity index (χ2n) is 6.91. The number of hydrogen-bond donors (Lipinski definition) is 1. The molecule has 24 heavy (non-hydrogen) atoms. The van der Waals surface area contributed by atoms with Gasteiger partial charge in [0.25, 0.3) is 0 Å². The zero-order valence-electron chi connectivity index (χ0n) is 14.9. The molecule has 0 spiro atoms. The topological polar surface area (TPSA) is 33.7 Å². The maximum atomic E-state index is 5.88. The van der Waals surface area contributed by atoms with Crippen LogP contribution in [0, 0.1) is 0 Å². The number of rotatable bonds is 8. The van der Waals surface area contributed by atoms with E-state index in [1.165, 1.54) is 25.7 Å². The first-order valence-electron chi connectivity index (χ1n) is 9.06. The SMILES string of the molecule is CCCOc1ccc(OCCN(C)C2CC3CCC(C2)N3)cc1.Cl. The van der Waals surface area contributed by atoms with Gasteiger partial charge in [-0.3, -0.25) is 4.90 Å². The van der Waals surface area contributed by atoms with Crippen molar-refractivity contribution < 1.29 is 9.47 Å². The molecular weight excluding hydrogens is 324 g/mol. The van der Waals surface area contributed by atoms with Gasteiger partial charge in [-0.05, 0) is 63.4 Å². The van der Waals surface area contributed by atoms with Crippen molar-refractivity contribution in [2.24, 2.45) is 0 Å². The monoisotopic (exact) mass is 354 g/mol. The van der Waals surface area contributed by atoms with Crippen LogP contribution < -0.4 is 14.8 Å². The third-order valence-electron chi connectivity index (χ3n) is 5.08. The number of nitrogens with zero attached hydrogens (tertiary/aromatic N) is 1. The molecule has 0 radical (unpaired) electrons. The molecule has 2 aliphatic rings. The lowest BCUT2D eigenvalue weighted by Gasteiger charge is -2.35. The number of nitrogens with one attached hydrogen (secondary N) is 1. The van der Waals surface area contributed by atoms with E-state index in [4.69, 9.17) is 9.47 Å². The van der Waals surface area contributed by atoms with E-state index in [0.29, 0.717) is 6.04 Å². The second-order valence-corrected chi connectivity index (χ2v) is 6.91. The van der Waals surface area contributed by atoms with Gasteiger partial charge in [-0.2, -0.15) is 0 Å². The summed E-state index contributed by atoms with van der Waals surface area (Å²) in [6, 6.07) is 10.2. The number of likely N-dealkylation sites (N-methyl/N-ethyl adjacent to an activating group) is 1. The number of fused-ring (bicyclic) bond motifs is 2. The molecule has 5 heteroatoms. The predicted molar refractivity (Wildman–Crippen MR) is 101 cm³/mol. The molecule has 2 bridgehead atoms. The number of piperidine rings is 1. The molecule has 4 nitrogen and oxygen atoms in total. The van der Waals surface area contributed by atoms with Crippen molar-refractivity contribution in [3.63, 3.8) is 0 Å². The zero-order chi connectivity index (χ0) is 16.1. The Bertz CT molecular complexity index is 471. The number of halogens is 1. The largest absolute Gasteiger partial charge is 0.494 e. The number of benzene rings is 1. The lowest BCUT2D eigenvalue weighted by Crippen LogP contribution is -2.47. The lowest BCUT2D eigenvalue weighted by molar-refractivity contribution is 0.147. The fourth-order valence-corrected chi connectivity index (χ4v) is 3.73. The zero-order valence-corrected chi connectivity index (χ0v) is 15.7. The summed E-state index contributed by atoms with van der Waals surface area (Å²) in [7, 11) is 2.24. The first-order valence-corrected chi connectivity index (χ1v) is 9.06. The van der Waals surface area contributed by atoms with E-state index >= 15 is 0 Å². The van der Waals surface area contributed by atoms with Gasteiger partial charge in [0.2, 0.25) is 0 Å². The van der Waals surface area contributed by atoms with Gasteiger partial charge in [0, 0.05) is 24.7 Å². The van der Waals surface area contributed by atoms with Crippen LogP contribution in [-0.4, -0.2) is 49.8 Å². The minimum atomic E-state index is 0. The van der Waals surface area contributed by atoms with E-state index in [-0.39, 0.29) is 12.4 Å². The number of hydrogen-bond acceptors (Lipinski definition) is 4. The van der Waals surface area contributed by atoms with E-state index in [9.17, 15) is 0 Å². The van der Waals surface area contributed by atoms with Gasteiger partial charge in [-0.1, -0.05) is 6.92 Å². The fourth-order valence-electron chi connectivity index (χ4n) is 3.73. The van der Waals surface area contributed by atoms with Crippen LogP contribution in [0.2, 0.25) is 0 Å². The molecule has 1 aromatic carbocycles. The Labute approximate surface area is 152 Å². The second kappa shape index (κ2) is 9.50. The highest BCUT2D eigenvalue weighted by Gasteiger charge is 2.34. The van der Waals surface area contributed by atoms with Crippen molar-refractivity contribution in [2.45, 2.75) is 57.2 Å². The molecule has 3 rings (SSSR count). The normalized spacial score (nSPS) is 25.4. The Morgan fingerprint density at radius 2 is 1.54 bits per heavy atom. The molecule has 1 aromatic rings. The van der Waals surface area contributed by atoms with Crippen molar-refractivity contribution in [3.8, 4) is 11.5 Å². The molecule has 2 atom stereocenters. The molecule has 0 amide bonds. The standard InChI is InChI=1S/C19H30N2O2.ClH/c1-3-11-22-18-6-8-19(9-7-18)23-12-10-21(2)17-13-15-4-5-16(14-17)20-15;/h6-9,15-17,20H,3-5,10-14H2,1-2H3;1H. The Morgan fingerprint density at radius 1 is 1.00 bits per heavy atom. The quantitative estimate of drug-likeness (QED) is 0.774. The average Bonchev–Trinajstić information content (AvgIpc) is 2.92. The van der Waals surface area contributed by atoms with Crippen LogP contribution in [0.3, 0.4) is 0 Å². The summed E-state index contributed by atoms with van der Waals surface area (Å²) in [6.07, 6.45) is 6.33. The molecular formula is C19H31ClN2O2. The molecule has 0 saturated carbocycles. The summed E-state index contributed by atoms with van der Waals surface area (Å²) in [4.78, 5) is 2.48. The van der Waals surface area contributed by atoms with Gasteiger partial charge in [0.1, 0.15) is 18.1 Å². The smallest absolute Gasteiger partial charge is 0.119 e. The van der Waals surface area contributed by atoms with E-state index in [1.54, 1.807) is 0 Å². The molecule has 2 unspecified atom stereocenters. The van der Waals surface area contributed by atoms with Crippen LogP contribution in [-0.2, 0) is 0 Å². The van der Waals surface area contributed by atoms with Gasteiger partial charge in [0.05, 0.1) is 6.61 Å². The summed E-state index contributed by atoms with van der Waals surface area (Å²) < 4.78 is 11.5. The van der Waals surface area contributed by atoms with Gasteiger partial charge >= 0.3 is 0 Å². The number of ether oxygens (including phenoxy) is 2. The first kappa shape index (κ1) is 19.4. The van der Waals surface area contributed by atoms with Crippen LogP contribution >= 0.6 is 12.4 Å². The Hall–Kier alpha value is -0.970.